The van der Waals surface area contributed by atoms with Crippen LogP contribution in [-0.4, -0.2) is 22.4 Å². The molecule has 0 spiro atoms. The molecule has 1 N–H and O–H groups in total. The Labute approximate surface area is 165 Å². The number of rotatable bonds is 4. The van der Waals surface area contributed by atoms with Crippen LogP contribution in [0.5, 0.6) is 0 Å². The minimum atomic E-state index is -0.0892. The van der Waals surface area contributed by atoms with Gasteiger partial charge in [0.05, 0.1) is 0 Å². The molecule has 0 saturated carbocycles. The molecule has 1 aliphatic heterocycles. The Hall–Kier alpha value is -3.21. The Balaban J connectivity index is 1.58. The van der Waals surface area contributed by atoms with Crippen molar-refractivity contribution in [2.45, 2.75) is 33.1 Å². The highest BCUT2D eigenvalue weighted by atomic mass is 16.2. The van der Waals surface area contributed by atoms with Gasteiger partial charge in [0, 0.05) is 24.0 Å². The average Bonchev–Trinajstić information content (AvgIpc) is 3.11. The molecule has 0 radical (unpaired) electrons. The van der Waals surface area contributed by atoms with Crippen LogP contribution in [-0.2, 0) is 6.42 Å². The first-order chi connectivity index (χ1) is 13.5. The number of carbonyl (C=O) groups excluding carboxylic acids is 1. The number of fused-ring (bicyclic) bond motifs is 1. The number of hydrogen-bond donors (Lipinski definition) is 1. The van der Waals surface area contributed by atoms with Gasteiger partial charge in [-0.05, 0) is 48.6 Å². The zero-order valence-corrected chi connectivity index (χ0v) is 16.4. The van der Waals surface area contributed by atoms with Crippen LogP contribution in [0.2, 0.25) is 0 Å². The molecule has 0 aliphatic carbocycles. The summed E-state index contributed by atoms with van der Waals surface area (Å²) in [6.45, 7) is 6.83. The molecular weight excluding hydrogens is 348 g/mol. The van der Waals surface area contributed by atoms with E-state index in [1.54, 1.807) is 11.0 Å². The van der Waals surface area contributed by atoms with Gasteiger partial charge in [-0.15, -0.1) is 0 Å². The van der Waals surface area contributed by atoms with Gasteiger partial charge in [-0.2, -0.15) is 0 Å². The second-order valence-electron chi connectivity index (χ2n) is 7.42. The van der Waals surface area contributed by atoms with Crippen molar-refractivity contribution in [1.82, 2.24) is 9.97 Å². The summed E-state index contributed by atoms with van der Waals surface area (Å²) in [5.74, 6) is 1.59. The first kappa shape index (κ1) is 18.2. The highest BCUT2D eigenvalue weighted by Gasteiger charge is 2.26. The number of aromatic nitrogens is 2. The zero-order chi connectivity index (χ0) is 19.7. The van der Waals surface area contributed by atoms with E-state index in [1.807, 2.05) is 37.3 Å². The number of amides is 1. The van der Waals surface area contributed by atoms with E-state index < -0.39 is 0 Å². The molecule has 4 rings (SSSR count). The third-order valence-corrected chi connectivity index (χ3v) is 5.04. The van der Waals surface area contributed by atoms with Crippen LogP contribution in [0.3, 0.4) is 0 Å². The van der Waals surface area contributed by atoms with E-state index in [0.29, 0.717) is 29.8 Å². The van der Waals surface area contributed by atoms with Gasteiger partial charge in [0.25, 0.3) is 5.91 Å². The number of para-hydroxylation sites is 1. The summed E-state index contributed by atoms with van der Waals surface area (Å²) >= 11 is 0. The van der Waals surface area contributed by atoms with Crippen molar-refractivity contribution >= 4 is 23.1 Å². The fourth-order valence-corrected chi connectivity index (χ4v) is 3.53. The normalized spacial score (nSPS) is 12.9. The van der Waals surface area contributed by atoms with Crippen molar-refractivity contribution in [1.29, 1.82) is 0 Å². The van der Waals surface area contributed by atoms with Crippen molar-refractivity contribution in [3.8, 4) is 0 Å². The zero-order valence-electron chi connectivity index (χ0n) is 16.4. The fraction of sp³-hybridized carbons (Fsp3) is 0.261. The van der Waals surface area contributed by atoms with Gasteiger partial charge < -0.3 is 10.2 Å². The lowest BCUT2D eigenvalue weighted by Crippen LogP contribution is -2.30. The van der Waals surface area contributed by atoms with Gasteiger partial charge in [0.15, 0.2) is 0 Å². The minimum Gasteiger partial charge on any atom is -0.340 e. The van der Waals surface area contributed by atoms with Crippen LogP contribution in [0, 0.1) is 6.92 Å². The number of nitrogens with zero attached hydrogens (tertiary/aromatic N) is 3. The molecule has 28 heavy (non-hydrogen) atoms. The van der Waals surface area contributed by atoms with Crippen molar-refractivity contribution in [3.63, 3.8) is 0 Å². The lowest BCUT2D eigenvalue weighted by Gasteiger charge is -2.17. The molecule has 2 aromatic carbocycles. The number of carbonyl (C=O) groups is 1. The average molecular weight is 372 g/mol. The van der Waals surface area contributed by atoms with Crippen LogP contribution in [0.4, 0.5) is 17.2 Å². The molecule has 1 aliphatic rings. The van der Waals surface area contributed by atoms with Gasteiger partial charge in [0.2, 0.25) is 0 Å². The topological polar surface area (TPSA) is 58.1 Å². The number of anilines is 3. The van der Waals surface area contributed by atoms with Crippen molar-refractivity contribution in [3.05, 3.63) is 77.2 Å². The SMILES string of the molecule is Cc1nc(Nc2ccc(C(C)C)cc2)cc(C(=O)N2CCc3ccccc32)n1. The Morgan fingerprint density at radius 2 is 1.82 bits per heavy atom. The van der Waals surface area contributed by atoms with Crippen LogP contribution in [0.15, 0.2) is 54.6 Å². The molecule has 5 nitrogen and oxygen atoms in total. The summed E-state index contributed by atoms with van der Waals surface area (Å²) in [6, 6.07) is 18.0. The van der Waals surface area contributed by atoms with E-state index >= 15 is 0 Å². The maximum atomic E-state index is 13.1. The summed E-state index contributed by atoms with van der Waals surface area (Å²) in [4.78, 5) is 23.7. The smallest absolute Gasteiger partial charge is 0.277 e. The fourth-order valence-electron chi connectivity index (χ4n) is 3.53. The monoisotopic (exact) mass is 372 g/mol. The molecule has 0 unspecified atom stereocenters. The van der Waals surface area contributed by atoms with Crippen molar-refractivity contribution in [2.75, 3.05) is 16.8 Å². The van der Waals surface area contributed by atoms with Crippen molar-refractivity contribution in [2.24, 2.45) is 0 Å². The highest BCUT2D eigenvalue weighted by molar-refractivity contribution is 6.06. The second-order valence-corrected chi connectivity index (χ2v) is 7.42. The largest absolute Gasteiger partial charge is 0.340 e. The molecule has 0 fully saturated rings. The standard InChI is InChI=1S/C23H24N4O/c1-15(2)17-8-10-19(11-9-17)26-22-14-20(24-16(3)25-22)23(28)27-13-12-18-6-4-5-7-21(18)27/h4-11,14-15H,12-13H2,1-3H3,(H,24,25,26). The summed E-state index contributed by atoms with van der Waals surface area (Å²) in [5, 5.41) is 3.29. The molecular formula is C23H24N4O. The quantitative estimate of drug-likeness (QED) is 0.711. The summed E-state index contributed by atoms with van der Waals surface area (Å²) < 4.78 is 0. The second kappa shape index (κ2) is 7.43. The first-order valence-corrected chi connectivity index (χ1v) is 9.63. The van der Waals surface area contributed by atoms with E-state index in [4.69, 9.17) is 0 Å². The number of hydrogen-bond acceptors (Lipinski definition) is 4. The third-order valence-electron chi connectivity index (χ3n) is 5.04. The van der Waals surface area contributed by atoms with Crippen LogP contribution >= 0.6 is 0 Å². The molecule has 5 heteroatoms. The van der Waals surface area contributed by atoms with Gasteiger partial charge >= 0.3 is 0 Å². The van der Waals surface area contributed by atoms with Crippen LogP contribution < -0.4 is 10.2 Å². The van der Waals surface area contributed by atoms with Crippen molar-refractivity contribution < 1.29 is 4.79 Å². The molecule has 0 bridgehead atoms. The Bertz CT molecular complexity index is 1010. The number of nitrogens with one attached hydrogen (secondary N) is 1. The highest BCUT2D eigenvalue weighted by Crippen LogP contribution is 2.29. The number of benzene rings is 2. The Morgan fingerprint density at radius 1 is 1.07 bits per heavy atom. The molecule has 0 atom stereocenters. The van der Waals surface area contributed by atoms with E-state index in [0.717, 1.165) is 17.8 Å². The van der Waals surface area contributed by atoms with Crippen LogP contribution in [0.25, 0.3) is 0 Å². The maximum Gasteiger partial charge on any atom is 0.277 e. The summed E-state index contributed by atoms with van der Waals surface area (Å²) in [7, 11) is 0. The van der Waals surface area contributed by atoms with Gasteiger partial charge in [0.1, 0.15) is 17.3 Å². The number of aryl methyl sites for hydroxylation is 1. The van der Waals surface area contributed by atoms with E-state index in [2.05, 4.69) is 47.3 Å². The van der Waals surface area contributed by atoms with E-state index in [-0.39, 0.29) is 5.91 Å². The molecule has 2 heterocycles. The van der Waals surface area contributed by atoms with Crippen LogP contribution in [0.1, 0.15) is 47.2 Å². The lowest BCUT2D eigenvalue weighted by atomic mass is 10.0. The summed E-state index contributed by atoms with van der Waals surface area (Å²) in [5.41, 5.74) is 4.80. The van der Waals surface area contributed by atoms with E-state index in [1.165, 1.54) is 11.1 Å². The Kier molecular flexibility index (Phi) is 4.82. The lowest BCUT2D eigenvalue weighted by molar-refractivity contribution is 0.0984. The first-order valence-electron chi connectivity index (χ1n) is 9.63. The summed E-state index contributed by atoms with van der Waals surface area (Å²) in [6.07, 6.45) is 0.874. The Morgan fingerprint density at radius 3 is 2.57 bits per heavy atom. The predicted octanol–water partition coefficient (Wildman–Crippen LogP) is 4.85. The van der Waals surface area contributed by atoms with Gasteiger partial charge in [-0.25, -0.2) is 9.97 Å². The minimum absolute atomic E-state index is 0.0892. The third kappa shape index (κ3) is 3.60. The maximum absolute atomic E-state index is 13.1. The molecule has 1 aromatic heterocycles. The molecule has 142 valence electrons. The van der Waals surface area contributed by atoms with Gasteiger partial charge in [-0.3, -0.25) is 4.79 Å². The molecule has 0 saturated heterocycles. The van der Waals surface area contributed by atoms with Gasteiger partial charge in [-0.1, -0.05) is 44.2 Å². The predicted molar refractivity (Wildman–Crippen MR) is 112 cm³/mol. The molecule has 1 amide bonds. The van der Waals surface area contributed by atoms with E-state index in [9.17, 15) is 4.79 Å². The molecule has 3 aromatic rings.